The number of nitrogens with one attached hydrogen (secondary N) is 1. The maximum atomic E-state index is 6.03. The van der Waals surface area contributed by atoms with E-state index in [0.717, 1.165) is 30.1 Å². The van der Waals surface area contributed by atoms with Crippen molar-refractivity contribution in [3.05, 3.63) is 36.2 Å². The lowest BCUT2D eigenvalue weighted by Gasteiger charge is -2.33. The van der Waals surface area contributed by atoms with Gasteiger partial charge in [0, 0.05) is 17.5 Å². The summed E-state index contributed by atoms with van der Waals surface area (Å²) in [5, 5.41) is 7.49. The first-order valence-electron chi connectivity index (χ1n) is 7.02. The fourth-order valence-corrected chi connectivity index (χ4v) is 2.98. The van der Waals surface area contributed by atoms with Crippen molar-refractivity contribution in [3.8, 4) is 11.4 Å². The Labute approximate surface area is 113 Å². The molecule has 100 valence electrons. The molecule has 4 heteroatoms. The monoisotopic (exact) mass is 256 g/mol. The van der Waals surface area contributed by atoms with Crippen LogP contribution in [0.4, 0.5) is 0 Å². The first kappa shape index (κ1) is 12.4. The topological polar surface area (TPSA) is 67.6 Å². The third-order valence-corrected chi connectivity index (χ3v) is 4.22. The highest BCUT2D eigenvalue weighted by molar-refractivity contribution is 5.54. The van der Waals surface area contributed by atoms with E-state index >= 15 is 0 Å². The number of nitrogens with two attached hydrogens (primary N) is 1. The van der Waals surface area contributed by atoms with Crippen LogP contribution in [0.5, 0.6) is 0 Å². The summed E-state index contributed by atoms with van der Waals surface area (Å²) in [5.74, 6) is 1.74. The van der Waals surface area contributed by atoms with Gasteiger partial charge in [0.05, 0.1) is 0 Å². The van der Waals surface area contributed by atoms with Crippen molar-refractivity contribution in [1.29, 1.82) is 0 Å². The largest absolute Gasteiger partial charge is 0.329 e. The minimum Gasteiger partial charge on any atom is -0.329 e. The number of benzene rings is 1. The smallest absolute Gasteiger partial charge is 0.181 e. The molecule has 1 aromatic carbocycles. The molecule has 4 nitrogen and oxygen atoms in total. The van der Waals surface area contributed by atoms with Gasteiger partial charge in [-0.3, -0.25) is 5.10 Å². The lowest BCUT2D eigenvalue weighted by molar-refractivity contribution is 0.286. The molecule has 1 aliphatic carbocycles. The van der Waals surface area contributed by atoms with Gasteiger partial charge in [0.2, 0.25) is 0 Å². The highest BCUT2D eigenvalue weighted by Crippen LogP contribution is 2.37. The van der Waals surface area contributed by atoms with Crippen LogP contribution in [0, 0.1) is 0 Å². The molecular weight excluding hydrogens is 236 g/mol. The molecule has 1 aromatic heterocycles. The third kappa shape index (κ3) is 2.28. The van der Waals surface area contributed by atoms with Crippen molar-refractivity contribution in [2.75, 3.05) is 6.54 Å². The highest BCUT2D eigenvalue weighted by atomic mass is 15.2. The molecule has 2 aromatic rings. The van der Waals surface area contributed by atoms with Crippen molar-refractivity contribution < 1.29 is 0 Å². The Morgan fingerprint density at radius 3 is 2.53 bits per heavy atom. The summed E-state index contributed by atoms with van der Waals surface area (Å²) in [5.41, 5.74) is 7.09. The van der Waals surface area contributed by atoms with E-state index in [2.05, 4.69) is 10.2 Å². The Morgan fingerprint density at radius 1 is 1.11 bits per heavy atom. The Bertz CT molecular complexity index is 526. The van der Waals surface area contributed by atoms with Gasteiger partial charge < -0.3 is 5.73 Å². The average Bonchev–Trinajstić information content (AvgIpc) is 2.99. The molecule has 1 aliphatic rings. The van der Waals surface area contributed by atoms with Crippen LogP contribution in [-0.2, 0) is 5.41 Å². The van der Waals surface area contributed by atoms with Crippen LogP contribution in [0.15, 0.2) is 30.3 Å². The van der Waals surface area contributed by atoms with E-state index in [4.69, 9.17) is 10.7 Å². The molecule has 0 saturated heterocycles. The summed E-state index contributed by atoms with van der Waals surface area (Å²) in [7, 11) is 0. The Morgan fingerprint density at radius 2 is 1.84 bits per heavy atom. The quantitative estimate of drug-likeness (QED) is 0.887. The van der Waals surface area contributed by atoms with Gasteiger partial charge >= 0.3 is 0 Å². The van der Waals surface area contributed by atoms with Crippen molar-refractivity contribution in [2.24, 2.45) is 5.73 Å². The maximum absolute atomic E-state index is 6.03. The Kier molecular flexibility index (Phi) is 3.34. The van der Waals surface area contributed by atoms with Crippen molar-refractivity contribution >= 4 is 0 Å². The predicted molar refractivity (Wildman–Crippen MR) is 75.6 cm³/mol. The zero-order chi connectivity index (χ0) is 13.1. The molecule has 0 bridgehead atoms. The Balaban J connectivity index is 1.92. The van der Waals surface area contributed by atoms with Gasteiger partial charge in [0.15, 0.2) is 5.82 Å². The summed E-state index contributed by atoms with van der Waals surface area (Å²) in [4.78, 5) is 4.70. The standard InChI is InChI=1S/C15H20N4/c16-11-15(9-5-2-6-10-15)14-17-13(18-19-14)12-7-3-1-4-8-12/h1,3-4,7-8H,2,5-6,9-11,16H2,(H,17,18,19). The number of aromatic nitrogens is 3. The fourth-order valence-electron chi connectivity index (χ4n) is 2.98. The molecule has 3 N–H and O–H groups in total. The number of H-pyrrole nitrogens is 1. The highest BCUT2D eigenvalue weighted by Gasteiger charge is 2.35. The molecule has 1 saturated carbocycles. The van der Waals surface area contributed by atoms with Crippen LogP contribution >= 0.6 is 0 Å². The molecular formula is C15H20N4. The molecule has 1 fully saturated rings. The SMILES string of the molecule is NCC1(c2nc(-c3ccccc3)n[nH]2)CCCCC1. The second-order valence-electron chi connectivity index (χ2n) is 5.42. The van der Waals surface area contributed by atoms with E-state index in [9.17, 15) is 0 Å². The molecule has 0 aliphatic heterocycles. The molecule has 0 spiro atoms. The van der Waals surface area contributed by atoms with Crippen molar-refractivity contribution in [3.63, 3.8) is 0 Å². The Hall–Kier alpha value is -1.68. The average molecular weight is 256 g/mol. The molecule has 0 amide bonds. The van der Waals surface area contributed by atoms with Crippen LogP contribution < -0.4 is 5.73 Å². The van der Waals surface area contributed by atoms with Gasteiger partial charge in [-0.05, 0) is 12.8 Å². The summed E-state index contributed by atoms with van der Waals surface area (Å²) < 4.78 is 0. The van der Waals surface area contributed by atoms with Gasteiger partial charge in [-0.15, -0.1) is 0 Å². The molecule has 3 rings (SSSR count). The van der Waals surface area contributed by atoms with Gasteiger partial charge in [-0.2, -0.15) is 5.10 Å². The summed E-state index contributed by atoms with van der Waals surface area (Å²) in [6, 6.07) is 10.1. The normalized spacial score (nSPS) is 18.4. The minimum absolute atomic E-state index is 0.0122. The van der Waals surface area contributed by atoms with E-state index in [-0.39, 0.29) is 5.41 Å². The van der Waals surface area contributed by atoms with Gasteiger partial charge in [0.1, 0.15) is 5.82 Å². The van der Waals surface area contributed by atoms with E-state index in [1.165, 1.54) is 19.3 Å². The van der Waals surface area contributed by atoms with E-state index in [1.807, 2.05) is 30.3 Å². The fraction of sp³-hybridized carbons (Fsp3) is 0.467. The van der Waals surface area contributed by atoms with Crippen LogP contribution in [0.2, 0.25) is 0 Å². The number of hydrogen-bond acceptors (Lipinski definition) is 3. The van der Waals surface area contributed by atoms with Crippen LogP contribution in [0.25, 0.3) is 11.4 Å². The zero-order valence-electron chi connectivity index (χ0n) is 11.1. The van der Waals surface area contributed by atoms with E-state index < -0.39 is 0 Å². The molecule has 0 atom stereocenters. The second-order valence-corrected chi connectivity index (χ2v) is 5.42. The van der Waals surface area contributed by atoms with Crippen LogP contribution in [0.1, 0.15) is 37.9 Å². The molecule has 0 unspecified atom stereocenters. The van der Waals surface area contributed by atoms with Crippen molar-refractivity contribution in [1.82, 2.24) is 15.2 Å². The van der Waals surface area contributed by atoms with Crippen LogP contribution in [0.3, 0.4) is 0 Å². The van der Waals surface area contributed by atoms with Crippen LogP contribution in [-0.4, -0.2) is 21.7 Å². The first-order valence-corrected chi connectivity index (χ1v) is 7.02. The molecule has 0 radical (unpaired) electrons. The lowest BCUT2D eigenvalue weighted by Crippen LogP contribution is -2.38. The van der Waals surface area contributed by atoms with Gasteiger partial charge in [-0.25, -0.2) is 4.98 Å². The zero-order valence-corrected chi connectivity index (χ0v) is 11.1. The first-order chi connectivity index (χ1) is 9.34. The summed E-state index contributed by atoms with van der Waals surface area (Å²) >= 11 is 0. The van der Waals surface area contributed by atoms with Gasteiger partial charge in [0.25, 0.3) is 0 Å². The maximum Gasteiger partial charge on any atom is 0.181 e. The van der Waals surface area contributed by atoms with Crippen molar-refractivity contribution in [2.45, 2.75) is 37.5 Å². The summed E-state index contributed by atoms with van der Waals surface area (Å²) in [6.45, 7) is 0.649. The molecule has 19 heavy (non-hydrogen) atoms. The minimum atomic E-state index is 0.0122. The number of hydrogen-bond donors (Lipinski definition) is 2. The third-order valence-electron chi connectivity index (χ3n) is 4.22. The number of rotatable bonds is 3. The molecule has 1 heterocycles. The lowest BCUT2D eigenvalue weighted by atomic mass is 9.73. The number of aromatic amines is 1. The van der Waals surface area contributed by atoms with Gasteiger partial charge in [-0.1, -0.05) is 49.6 Å². The number of nitrogens with zero attached hydrogens (tertiary/aromatic N) is 2. The van der Waals surface area contributed by atoms with E-state index in [0.29, 0.717) is 6.54 Å². The second kappa shape index (κ2) is 5.13. The van der Waals surface area contributed by atoms with E-state index in [1.54, 1.807) is 0 Å². The predicted octanol–water partition coefficient (Wildman–Crippen LogP) is 2.63. The summed E-state index contributed by atoms with van der Waals surface area (Å²) in [6.07, 6.45) is 6.01.